The summed E-state index contributed by atoms with van der Waals surface area (Å²) in [6, 6.07) is 3.26. The molecule has 5 rings (SSSR count). The molecular weight excluding hydrogens is 532 g/mol. The fourth-order valence-electron chi connectivity index (χ4n) is 6.20. The Balaban J connectivity index is 1.44. The van der Waals surface area contributed by atoms with E-state index in [1.54, 1.807) is 6.33 Å². The van der Waals surface area contributed by atoms with E-state index in [2.05, 4.69) is 51.3 Å². The Morgan fingerprint density at radius 1 is 1.07 bits per heavy atom. The second kappa shape index (κ2) is 11.7. The van der Waals surface area contributed by atoms with Crippen molar-refractivity contribution in [3.63, 3.8) is 0 Å². The van der Waals surface area contributed by atoms with Crippen LogP contribution >= 0.6 is 0 Å². The molecule has 0 N–H and O–H groups in total. The Labute approximate surface area is 245 Å². The topological polar surface area (TPSA) is 85.6 Å². The van der Waals surface area contributed by atoms with Gasteiger partial charge in [-0.15, -0.1) is 0 Å². The van der Waals surface area contributed by atoms with Crippen LogP contribution in [0.1, 0.15) is 46.5 Å². The van der Waals surface area contributed by atoms with Crippen molar-refractivity contribution in [2.24, 2.45) is 5.41 Å². The summed E-state index contributed by atoms with van der Waals surface area (Å²) in [5.74, 6) is 0. The highest BCUT2D eigenvalue weighted by Crippen LogP contribution is 2.43. The number of aromatic nitrogens is 4. The highest BCUT2D eigenvalue weighted by Gasteiger charge is 2.42. The minimum Gasteiger partial charge on any atom is -0.444 e. The summed E-state index contributed by atoms with van der Waals surface area (Å²) in [4.78, 5) is 30.9. The minimum absolute atomic E-state index is 0.0432. The molecule has 0 saturated carbocycles. The molecule has 2 aliphatic heterocycles. The fourth-order valence-corrected chi connectivity index (χ4v) is 6.95. The molecule has 0 aliphatic carbocycles. The van der Waals surface area contributed by atoms with E-state index in [4.69, 9.17) is 14.5 Å². The molecule has 1 amide bonds. The van der Waals surface area contributed by atoms with Gasteiger partial charge in [-0.3, -0.25) is 0 Å². The first-order valence-corrected chi connectivity index (χ1v) is 18.7. The van der Waals surface area contributed by atoms with E-state index in [9.17, 15) is 4.79 Å². The largest absolute Gasteiger partial charge is 0.444 e. The quantitative estimate of drug-likeness (QED) is 0.236. The highest BCUT2D eigenvalue weighted by molar-refractivity contribution is 6.76. The maximum Gasteiger partial charge on any atom is 0.410 e. The van der Waals surface area contributed by atoms with Crippen LogP contribution in [0.3, 0.4) is 0 Å². The van der Waals surface area contributed by atoms with Crippen LogP contribution in [-0.4, -0.2) is 77.0 Å². The molecule has 1 spiro atoms. The molecule has 0 aromatic carbocycles. The van der Waals surface area contributed by atoms with Gasteiger partial charge in [0, 0.05) is 87.9 Å². The molecule has 41 heavy (non-hydrogen) atoms. The summed E-state index contributed by atoms with van der Waals surface area (Å²) in [6.45, 7) is 17.5. The number of piperidine rings is 2. The molecule has 222 valence electrons. The number of nitrogens with zero attached hydrogens (tertiary/aromatic N) is 6. The number of amides is 1. The van der Waals surface area contributed by atoms with Gasteiger partial charge in [0.2, 0.25) is 0 Å². The van der Waals surface area contributed by atoms with E-state index in [-0.39, 0.29) is 11.5 Å². The molecule has 0 bridgehead atoms. The molecule has 9 nitrogen and oxygen atoms in total. The van der Waals surface area contributed by atoms with Crippen molar-refractivity contribution >= 4 is 30.9 Å². The zero-order valence-corrected chi connectivity index (χ0v) is 26.7. The first-order chi connectivity index (χ1) is 19.4. The van der Waals surface area contributed by atoms with Crippen molar-refractivity contribution in [1.29, 1.82) is 0 Å². The molecule has 2 fully saturated rings. The maximum absolute atomic E-state index is 13.0. The van der Waals surface area contributed by atoms with Crippen LogP contribution in [0, 0.1) is 5.41 Å². The smallest absolute Gasteiger partial charge is 0.410 e. The number of hydrogen-bond donors (Lipinski definition) is 0. The summed E-state index contributed by atoms with van der Waals surface area (Å²) in [6.07, 6.45) is 13.5. The SMILES string of the molecule is CC(C)(C)OC(=O)N1CCCC2(CCCN(c3ccnc4c3c(-c3cncnc3)cn4COCC[Si](C)(C)C)C2)C1. The van der Waals surface area contributed by atoms with Crippen LogP contribution in [-0.2, 0) is 16.2 Å². The lowest BCUT2D eigenvalue weighted by atomic mass is 9.73. The Bertz CT molecular complexity index is 1350. The molecular formula is C31H46N6O3Si. The van der Waals surface area contributed by atoms with Gasteiger partial charge in [0.15, 0.2) is 0 Å². The van der Waals surface area contributed by atoms with Crippen molar-refractivity contribution in [3.05, 3.63) is 37.2 Å². The number of likely N-dealkylation sites (tertiary alicyclic amines) is 1. The predicted molar refractivity (Wildman–Crippen MR) is 166 cm³/mol. The van der Waals surface area contributed by atoms with Crippen molar-refractivity contribution in [2.45, 2.75) is 84.5 Å². The Kier molecular flexibility index (Phi) is 8.43. The number of fused-ring (bicyclic) bond motifs is 1. The van der Waals surface area contributed by atoms with Crippen LogP contribution in [0.5, 0.6) is 0 Å². The summed E-state index contributed by atoms with van der Waals surface area (Å²) in [5, 5.41) is 1.10. The van der Waals surface area contributed by atoms with E-state index >= 15 is 0 Å². The van der Waals surface area contributed by atoms with Gasteiger partial charge in [0.25, 0.3) is 0 Å². The number of anilines is 1. The standard InChI is InChI=1S/C31H46N6O3Si/c1-30(2,3)40-29(38)36-14-8-11-31(21-36)10-7-13-35(20-31)26-9-12-34-28-27(26)25(24-17-32-22-33-18-24)19-37(28)23-39-15-16-41(4,5)6/h9,12,17-19,22H,7-8,10-11,13-16,20-21,23H2,1-6H3. The van der Waals surface area contributed by atoms with Crippen LogP contribution in [0.25, 0.3) is 22.2 Å². The van der Waals surface area contributed by atoms with Gasteiger partial charge < -0.3 is 23.8 Å². The van der Waals surface area contributed by atoms with Gasteiger partial charge in [0.05, 0.1) is 5.39 Å². The molecule has 3 aromatic rings. The van der Waals surface area contributed by atoms with E-state index in [1.807, 2.05) is 44.3 Å². The summed E-state index contributed by atoms with van der Waals surface area (Å²) < 4.78 is 14.0. The van der Waals surface area contributed by atoms with Crippen LogP contribution in [0.15, 0.2) is 37.2 Å². The molecule has 1 unspecified atom stereocenters. The predicted octanol–water partition coefficient (Wildman–Crippen LogP) is 6.42. The third kappa shape index (κ3) is 7.09. The number of carbonyl (C=O) groups is 1. The average molecular weight is 579 g/mol. The van der Waals surface area contributed by atoms with E-state index in [0.29, 0.717) is 6.73 Å². The van der Waals surface area contributed by atoms with Gasteiger partial charge >= 0.3 is 6.09 Å². The van der Waals surface area contributed by atoms with Crippen molar-refractivity contribution in [1.82, 2.24) is 24.4 Å². The van der Waals surface area contributed by atoms with Gasteiger partial charge in [-0.1, -0.05) is 19.6 Å². The van der Waals surface area contributed by atoms with E-state index in [0.717, 1.165) is 86.7 Å². The van der Waals surface area contributed by atoms with Gasteiger partial charge in [0.1, 0.15) is 24.3 Å². The number of hydrogen-bond acceptors (Lipinski definition) is 7. The Hall–Kier alpha value is -2.98. The van der Waals surface area contributed by atoms with Gasteiger partial charge in [-0.25, -0.2) is 19.7 Å². The third-order valence-corrected chi connectivity index (χ3v) is 9.85. The zero-order chi connectivity index (χ0) is 29.3. The highest BCUT2D eigenvalue weighted by atomic mass is 28.3. The second-order valence-corrected chi connectivity index (χ2v) is 19.7. The molecule has 0 radical (unpaired) electrons. The fraction of sp³-hybridized carbons (Fsp3) is 0.613. The van der Waals surface area contributed by atoms with Crippen molar-refractivity contribution in [2.75, 3.05) is 37.7 Å². The lowest BCUT2D eigenvalue weighted by Gasteiger charge is -2.49. The van der Waals surface area contributed by atoms with Gasteiger partial charge in [-0.05, 0) is 58.6 Å². The van der Waals surface area contributed by atoms with E-state index in [1.165, 1.54) is 5.69 Å². The number of carbonyl (C=O) groups excluding carboxylic acids is 1. The Morgan fingerprint density at radius 2 is 1.80 bits per heavy atom. The number of pyridine rings is 1. The molecule has 2 aliphatic rings. The van der Waals surface area contributed by atoms with Crippen molar-refractivity contribution in [3.8, 4) is 11.1 Å². The molecule has 3 aromatic heterocycles. The normalized spacial score (nSPS) is 20.1. The maximum atomic E-state index is 13.0. The summed E-state index contributed by atoms with van der Waals surface area (Å²) in [5.41, 5.74) is 3.66. The lowest BCUT2D eigenvalue weighted by molar-refractivity contribution is 0.00153. The van der Waals surface area contributed by atoms with Gasteiger partial charge in [-0.2, -0.15) is 0 Å². The van der Waals surface area contributed by atoms with Crippen LogP contribution in [0.2, 0.25) is 25.7 Å². The Morgan fingerprint density at radius 3 is 2.51 bits per heavy atom. The first kappa shape index (κ1) is 29.5. The number of ether oxygens (including phenoxy) is 2. The number of rotatable bonds is 7. The van der Waals surface area contributed by atoms with Crippen LogP contribution < -0.4 is 4.90 Å². The minimum atomic E-state index is -1.18. The van der Waals surface area contributed by atoms with Crippen molar-refractivity contribution < 1.29 is 14.3 Å². The second-order valence-electron chi connectivity index (χ2n) is 14.0. The molecule has 5 heterocycles. The monoisotopic (exact) mass is 578 g/mol. The lowest BCUT2D eigenvalue weighted by Crippen LogP contribution is -2.54. The molecule has 10 heteroatoms. The molecule has 1 atom stereocenters. The van der Waals surface area contributed by atoms with E-state index < -0.39 is 13.7 Å². The van der Waals surface area contributed by atoms with Crippen LogP contribution in [0.4, 0.5) is 10.5 Å². The average Bonchev–Trinajstić information content (AvgIpc) is 3.29. The molecule has 2 saturated heterocycles. The summed E-state index contributed by atoms with van der Waals surface area (Å²) in [7, 11) is -1.18. The first-order valence-electron chi connectivity index (χ1n) is 15.0. The third-order valence-electron chi connectivity index (χ3n) is 8.15. The zero-order valence-electron chi connectivity index (χ0n) is 25.7. The summed E-state index contributed by atoms with van der Waals surface area (Å²) >= 11 is 0.